The standard InChI is InChI=1S/C10H15N5S/c1-7(11)10-14-8(6-16-10)5-12-9-3-4-13-15(9)2/h3-4,6-7,12H,5,11H2,1-2H3. The van der Waals surface area contributed by atoms with Gasteiger partial charge < -0.3 is 11.1 Å². The highest BCUT2D eigenvalue weighted by Crippen LogP contribution is 2.16. The number of aromatic nitrogens is 3. The van der Waals surface area contributed by atoms with Crippen LogP contribution in [0.25, 0.3) is 0 Å². The monoisotopic (exact) mass is 237 g/mol. The summed E-state index contributed by atoms with van der Waals surface area (Å²) in [4.78, 5) is 4.44. The van der Waals surface area contributed by atoms with Gasteiger partial charge in [0.05, 0.1) is 24.5 Å². The fourth-order valence-electron chi connectivity index (χ4n) is 1.34. The van der Waals surface area contributed by atoms with Crippen LogP contribution in [-0.2, 0) is 13.6 Å². The normalized spacial score (nSPS) is 12.7. The van der Waals surface area contributed by atoms with Crippen LogP contribution in [0.2, 0.25) is 0 Å². The average molecular weight is 237 g/mol. The highest BCUT2D eigenvalue weighted by molar-refractivity contribution is 7.09. The molecule has 2 heterocycles. The number of nitrogens with zero attached hydrogens (tertiary/aromatic N) is 3. The molecule has 0 fully saturated rings. The first-order valence-electron chi connectivity index (χ1n) is 5.08. The van der Waals surface area contributed by atoms with E-state index in [1.165, 1.54) is 0 Å². The van der Waals surface area contributed by atoms with Gasteiger partial charge in [0.2, 0.25) is 0 Å². The lowest BCUT2D eigenvalue weighted by Crippen LogP contribution is -2.07. The van der Waals surface area contributed by atoms with Gasteiger partial charge in [0, 0.05) is 18.5 Å². The SMILES string of the molecule is CC(N)c1nc(CNc2ccnn2C)cs1. The number of thiazole rings is 1. The average Bonchev–Trinajstić information content (AvgIpc) is 2.83. The maximum atomic E-state index is 5.76. The summed E-state index contributed by atoms with van der Waals surface area (Å²) in [5.41, 5.74) is 6.77. The summed E-state index contributed by atoms with van der Waals surface area (Å²) < 4.78 is 1.79. The second kappa shape index (κ2) is 4.63. The molecule has 5 nitrogen and oxygen atoms in total. The summed E-state index contributed by atoms with van der Waals surface area (Å²) in [6, 6.07) is 1.94. The molecule has 0 saturated heterocycles. The van der Waals surface area contributed by atoms with E-state index >= 15 is 0 Å². The third-order valence-electron chi connectivity index (χ3n) is 2.23. The Morgan fingerprint density at radius 3 is 3.00 bits per heavy atom. The molecule has 2 aromatic rings. The van der Waals surface area contributed by atoms with E-state index in [2.05, 4.69) is 15.4 Å². The van der Waals surface area contributed by atoms with E-state index in [0.717, 1.165) is 16.5 Å². The zero-order valence-corrected chi connectivity index (χ0v) is 10.2. The Bertz CT molecular complexity index is 459. The lowest BCUT2D eigenvalue weighted by Gasteiger charge is -2.03. The molecule has 0 aliphatic carbocycles. The van der Waals surface area contributed by atoms with Gasteiger partial charge in [0.1, 0.15) is 10.8 Å². The smallest absolute Gasteiger partial charge is 0.124 e. The number of rotatable bonds is 4. The fraction of sp³-hybridized carbons (Fsp3) is 0.400. The third-order valence-corrected chi connectivity index (χ3v) is 3.33. The van der Waals surface area contributed by atoms with Gasteiger partial charge in [-0.1, -0.05) is 0 Å². The molecule has 86 valence electrons. The molecule has 0 radical (unpaired) electrons. The summed E-state index contributed by atoms with van der Waals surface area (Å²) in [6.45, 7) is 2.64. The maximum absolute atomic E-state index is 5.76. The molecule has 1 atom stereocenters. The van der Waals surface area contributed by atoms with Crippen molar-refractivity contribution >= 4 is 17.2 Å². The van der Waals surface area contributed by atoms with Crippen molar-refractivity contribution in [3.05, 3.63) is 28.3 Å². The summed E-state index contributed by atoms with van der Waals surface area (Å²) in [5, 5.41) is 10.3. The van der Waals surface area contributed by atoms with Crippen molar-refractivity contribution in [1.29, 1.82) is 0 Å². The number of nitrogens with one attached hydrogen (secondary N) is 1. The van der Waals surface area contributed by atoms with Gasteiger partial charge in [-0.3, -0.25) is 4.68 Å². The first kappa shape index (κ1) is 11.1. The van der Waals surface area contributed by atoms with Crippen LogP contribution in [0.5, 0.6) is 0 Å². The summed E-state index contributed by atoms with van der Waals surface area (Å²) in [5.74, 6) is 0.982. The molecule has 0 saturated carbocycles. The van der Waals surface area contributed by atoms with Crippen LogP contribution in [0.3, 0.4) is 0 Å². The second-order valence-electron chi connectivity index (χ2n) is 3.66. The number of anilines is 1. The molecule has 0 amide bonds. The van der Waals surface area contributed by atoms with Crippen molar-refractivity contribution in [2.45, 2.75) is 19.5 Å². The van der Waals surface area contributed by atoms with Crippen molar-refractivity contribution in [2.75, 3.05) is 5.32 Å². The molecule has 0 spiro atoms. The second-order valence-corrected chi connectivity index (χ2v) is 4.55. The van der Waals surface area contributed by atoms with Gasteiger partial charge in [-0.2, -0.15) is 5.10 Å². The van der Waals surface area contributed by atoms with E-state index in [9.17, 15) is 0 Å². The van der Waals surface area contributed by atoms with E-state index in [1.54, 1.807) is 22.2 Å². The lowest BCUT2D eigenvalue weighted by atomic mass is 10.4. The molecule has 0 aromatic carbocycles. The van der Waals surface area contributed by atoms with Crippen molar-refractivity contribution in [1.82, 2.24) is 14.8 Å². The third kappa shape index (κ3) is 2.40. The molecule has 2 rings (SSSR count). The molecule has 0 aliphatic rings. The predicted molar refractivity (Wildman–Crippen MR) is 65.3 cm³/mol. The largest absolute Gasteiger partial charge is 0.365 e. The molecule has 1 unspecified atom stereocenters. The number of hydrogen-bond acceptors (Lipinski definition) is 5. The van der Waals surface area contributed by atoms with Crippen LogP contribution in [0, 0.1) is 0 Å². The van der Waals surface area contributed by atoms with Crippen LogP contribution in [0.4, 0.5) is 5.82 Å². The number of nitrogens with two attached hydrogens (primary N) is 1. The molecular weight excluding hydrogens is 222 g/mol. The van der Waals surface area contributed by atoms with Gasteiger partial charge >= 0.3 is 0 Å². The van der Waals surface area contributed by atoms with Crippen LogP contribution in [0.1, 0.15) is 23.7 Å². The summed E-state index contributed by atoms with van der Waals surface area (Å²) >= 11 is 1.60. The van der Waals surface area contributed by atoms with E-state index in [0.29, 0.717) is 6.54 Å². The Kier molecular flexibility index (Phi) is 3.21. The zero-order valence-electron chi connectivity index (χ0n) is 9.34. The fourth-order valence-corrected chi connectivity index (χ4v) is 2.12. The minimum Gasteiger partial charge on any atom is -0.365 e. The van der Waals surface area contributed by atoms with Gasteiger partial charge in [-0.15, -0.1) is 11.3 Å². The first-order chi connectivity index (χ1) is 7.66. The topological polar surface area (TPSA) is 68.8 Å². The molecule has 0 aliphatic heterocycles. The van der Waals surface area contributed by atoms with Crippen LogP contribution < -0.4 is 11.1 Å². The molecule has 16 heavy (non-hydrogen) atoms. The Labute approximate surface area is 98.3 Å². The van der Waals surface area contributed by atoms with Crippen LogP contribution in [-0.4, -0.2) is 14.8 Å². The van der Waals surface area contributed by atoms with Gasteiger partial charge in [-0.05, 0) is 6.92 Å². The van der Waals surface area contributed by atoms with Crippen molar-refractivity contribution in [3.63, 3.8) is 0 Å². The minimum absolute atomic E-state index is 0.00968. The number of aryl methyl sites for hydroxylation is 1. The highest BCUT2D eigenvalue weighted by atomic mass is 32.1. The Morgan fingerprint density at radius 2 is 2.44 bits per heavy atom. The van der Waals surface area contributed by atoms with Crippen molar-refractivity contribution in [3.8, 4) is 0 Å². The zero-order chi connectivity index (χ0) is 11.5. The summed E-state index contributed by atoms with van der Waals surface area (Å²) in [7, 11) is 1.90. The van der Waals surface area contributed by atoms with E-state index in [-0.39, 0.29) is 6.04 Å². The minimum atomic E-state index is 0.00968. The van der Waals surface area contributed by atoms with E-state index in [4.69, 9.17) is 5.73 Å². The van der Waals surface area contributed by atoms with Gasteiger partial charge in [-0.25, -0.2) is 4.98 Å². The summed E-state index contributed by atoms with van der Waals surface area (Å²) in [6.07, 6.45) is 1.76. The first-order valence-corrected chi connectivity index (χ1v) is 5.96. The van der Waals surface area contributed by atoms with Crippen molar-refractivity contribution < 1.29 is 0 Å². The quantitative estimate of drug-likeness (QED) is 0.845. The van der Waals surface area contributed by atoms with E-state index in [1.807, 2.05) is 25.4 Å². The lowest BCUT2D eigenvalue weighted by molar-refractivity contribution is 0.765. The number of hydrogen-bond donors (Lipinski definition) is 2. The Hall–Kier alpha value is -1.40. The van der Waals surface area contributed by atoms with E-state index < -0.39 is 0 Å². The van der Waals surface area contributed by atoms with Crippen LogP contribution in [0.15, 0.2) is 17.6 Å². The molecule has 6 heteroatoms. The van der Waals surface area contributed by atoms with Gasteiger partial charge in [0.25, 0.3) is 0 Å². The maximum Gasteiger partial charge on any atom is 0.124 e. The van der Waals surface area contributed by atoms with Gasteiger partial charge in [0.15, 0.2) is 0 Å². The Morgan fingerprint density at radius 1 is 1.62 bits per heavy atom. The molecule has 3 N–H and O–H groups in total. The molecule has 0 bridgehead atoms. The van der Waals surface area contributed by atoms with Crippen LogP contribution >= 0.6 is 11.3 Å². The highest BCUT2D eigenvalue weighted by Gasteiger charge is 2.06. The predicted octanol–water partition coefficient (Wildman–Crippen LogP) is 1.51. The molecular formula is C10H15N5S. The molecule has 2 aromatic heterocycles. The Balaban J connectivity index is 1.97. The van der Waals surface area contributed by atoms with Crippen molar-refractivity contribution in [2.24, 2.45) is 12.8 Å².